The van der Waals surface area contributed by atoms with Gasteiger partial charge in [0.25, 0.3) is 0 Å². The summed E-state index contributed by atoms with van der Waals surface area (Å²) < 4.78 is 35.0. The molecule has 1 unspecified atom stereocenters. The van der Waals surface area contributed by atoms with E-state index in [-0.39, 0.29) is 46.7 Å². The van der Waals surface area contributed by atoms with Crippen LogP contribution in [0.3, 0.4) is 0 Å². The molecule has 3 aromatic rings. The predicted octanol–water partition coefficient (Wildman–Crippen LogP) is 4.36. The van der Waals surface area contributed by atoms with E-state index in [1.165, 1.54) is 7.11 Å². The van der Waals surface area contributed by atoms with E-state index in [1.807, 2.05) is 4.57 Å². The van der Waals surface area contributed by atoms with Gasteiger partial charge < -0.3 is 26.0 Å². The number of hydrogen-bond acceptors (Lipinski definition) is 8. The van der Waals surface area contributed by atoms with Crippen LogP contribution in [0.2, 0.25) is 5.02 Å². The largest absolute Gasteiger partial charge is 0.453 e. The minimum atomic E-state index is -0.864. The third-order valence-corrected chi connectivity index (χ3v) is 7.63. The average Bonchev–Trinajstić information content (AvgIpc) is 3.27. The summed E-state index contributed by atoms with van der Waals surface area (Å²) in [6.45, 7) is 1.06. The first-order chi connectivity index (χ1) is 18.7. The molecule has 1 aliphatic heterocycles. The number of methoxy groups -OCH3 is 1. The van der Waals surface area contributed by atoms with Crippen LogP contribution < -0.4 is 16.4 Å². The summed E-state index contributed by atoms with van der Waals surface area (Å²) in [5.74, 6) is -1.59. The molecule has 39 heavy (non-hydrogen) atoms. The summed E-state index contributed by atoms with van der Waals surface area (Å²) in [5.41, 5.74) is 6.37. The Bertz CT molecular complexity index is 1370. The van der Waals surface area contributed by atoms with Crippen LogP contribution in [-0.4, -0.2) is 62.7 Å². The summed E-state index contributed by atoms with van der Waals surface area (Å²) in [7, 11) is 1.35. The molecule has 0 spiro atoms. The molecule has 2 fully saturated rings. The fourth-order valence-electron chi connectivity index (χ4n) is 5.36. The number of hydrogen-bond donors (Lipinski definition) is 3. The summed E-state index contributed by atoms with van der Waals surface area (Å²) in [5, 5.41) is 6.09. The van der Waals surface area contributed by atoms with Gasteiger partial charge in [-0.3, -0.25) is 9.36 Å². The Morgan fingerprint density at radius 1 is 1.15 bits per heavy atom. The van der Waals surface area contributed by atoms with E-state index in [0.717, 1.165) is 25.0 Å². The van der Waals surface area contributed by atoms with Crippen molar-refractivity contribution in [3.63, 3.8) is 0 Å². The predicted molar refractivity (Wildman–Crippen MR) is 141 cm³/mol. The smallest absolute Gasteiger partial charge is 0.409 e. The van der Waals surface area contributed by atoms with Crippen molar-refractivity contribution in [2.75, 3.05) is 30.8 Å². The van der Waals surface area contributed by atoms with Gasteiger partial charge in [0.05, 0.1) is 24.0 Å². The van der Waals surface area contributed by atoms with E-state index in [1.54, 1.807) is 11.1 Å². The van der Waals surface area contributed by atoms with Gasteiger partial charge in [0.15, 0.2) is 11.5 Å². The maximum Gasteiger partial charge on any atom is 0.409 e. The van der Waals surface area contributed by atoms with Crippen LogP contribution in [0.25, 0.3) is 11.2 Å². The lowest BCUT2D eigenvalue weighted by Gasteiger charge is -2.32. The quantitative estimate of drug-likeness (QED) is 0.402. The van der Waals surface area contributed by atoms with E-state index >= 15 is 0 Å². The van der Waals surface area contributed by atoms with Crippen molar-refractivity contribution >= 4 is 52.3 Å². The van der Waals surface area contributed by atoms with Gasteiger partial charge in [-0.2, -0.15) is 4.98 Å². The van der Waals surface area contributed by atoms with E-state index in [0.29, 0.717) is 55.9 Å². The number of aromatic nitrogens is 4. The molecule has 14 heteroatoms. The summed E-state index contributed by atoms with van der Waals surface area (Å²) in [4.78, 5) is 39.1. The molecule has 2 aromatic heterocycles. The van der Waals surface area contributed by atoms with Crippen molar-refractivity contribution in [2.45, 2.75) is 50.6 Å². The molecule has 3 heterocycles. The summed E-state index contributed by atoms with van der Waals surface area (Å²) in [6, 6.07) is 1.55. The Kier molecular flexibility index (Phi) is 7.69. The second kappa shape index (κ2) is 11.2. The molecule has 1 aromatic carbocycles. The van der Waals surface area contributed by atoms with Crippen LogP contribution >= 0.6 is 11.6 Å². The molecule has 2 aliphatic rings. The van der Waals surface area contributed by atoms with Crippen molar-refractivity contribution < 1.29 is 23.1 Å². The van der Waals surface area contributed by atoms with E-state index < -0.39 is 11.6 Å². The number of carbonyl (C=O) groups is 2. The van der Waals surface area contributed by atoms with Gasteiger partial charge in [0.1, 0.15) is 11.3 Å². The Labute approximate surface area is 228 Å². The third kappa shape index (κ3) is 5.68. The number of nitrogens with zero attached hydrogens (tertiary/aromatic N) is 5. The molecule has 0 bridgehead atoms. The number of nitrogens with two attached hydrogens (primary N) is 1. The van der Waals surface area contributed by atoms with Crippen LogP contribution in [0, 0.1) is 17.6 Å². The van der Waals surface area contributed by atoms with E-state index in [2.05, 4.69) is 20.6 Å². The molecule has 2 amide bonds. The molecular weight excluding hydrogens is 534 g/mol. The van der Waals surface area contributed by atoms with Gasteiger partial charge in [-0.1, -0.05) is 11.6 Å². The Morgan fingerprint density at radius 3 is 2.62 bits per heavy atom. The van der Waals surface area contributed by atoms with Crippen LogP contribution in [0.5, 0.6) is 0 Å². The third-order valence-electron chi connectivity index (χ3n) is 7.33. The number of benzene rings is 1. The van der Waals surface area contributed by atoms with Gasteiger partial charge >= 0.3 is 6.09 Å². The van der Waals surface area contributed by atoms with Crippen molar-refractivity contribution in [2.24, 2.45) is 11.7 Å². The molecule has 1 aliphatic carbocycles. The molecule has 11 nitrogen and oxygen atoms in total. The molecule has 0 radical (unpaired) electrons. The number of likely N-dealkylation sites (tertiary alicyclic amines) is 1. The van der Waals surface area contributed by atoms with Gasteiger partial charge in [0, 0.05) is 37.2 Å². The first kappa shape index (κ1) is 26.9. The number of nitrogens with one attached hydrogen (secondary N) is 2. The minimum absolute atomic E-state index is 0.0811. The normalized spacial score (nSPS) is 21.5. The number of rotatable bonds is 6. The number of halogens is 3. The van der Waals surface area contributed by atoms with Crippen molar-refractivity contribution in [3.05, 3.63) is 35.0 Å². The van der Waals surface area contributed by atoms with Crippen LogP contribution in [-0.2, 0) is 9.53 Å². The number of carbonyl (C=O) groups excluding carboxylic acids is 2. The SMILES string of the molecule is COC(=O)N1CCCC(Nc2ncc3nc(Nc4c(F)cc(F)cc4Cl)n(C4CCC(C(N)=O)CC4)c3n2)C1. The number of fused-ring (bicyclic) bond motifs is 1. The lowest BCUT2D eigenvalue weighted by atomic mass is 9.85. The first-order valence-electron chi connectivity index (χ1n) is 12.8. The first-order valence-corrected chi connectivity index (χ1v) is 13.2. The zero-order valence-corrected chi connectivity index (χ0v) is 22.0. The Hall–Kier alpha value is -3.74. The van der Waals surface area contributed by atoms with Gasteiger partial charge in [-0.25, -0.2) is 23.5 Å². The highest BCUT2D eigenvalue weighted by Crippen LogP contribution is 2.38. The molecule has 5 rings (SSSR count). The molecule has 1 saturated heterocycles. The molecule has 208 valence electrons. The van der Waals surface area contributed by atoms with Crippen molar-refractivity contribution in [3.8, 4) is 0 Å². The standard InChI is InChI=1S/C25H29ClF2N8O3/c1-39-25(38)35-8-2-3-15(12-35)31-23-30-11-19-22(34-23)36(16-6-4-13(5-7-16)21(29)37)24(32-19)33-20-17(26)9-14(27)10-18(20)28/h9-11,13,15-16H,2-8,12H2,1H3,(H2,29,37)(H,32,33)(H,30,31,34). The van der Waals surface area contributed by atoms with Crippen molar-refractivity contribution in [1.82, 2.24) is 24.4 Å². The van der Waals surface area contributed by atoms with E-state index in [4.69, 9.17) is 27.1 Å². The lowest BCUT2D eigenvalue weighted by molar-refractivity contribution is -0.122. The molecular formula is C25H29ClF2N8O3. The van der Waals surface area contributed by atoms with Crippen LogP contribution in [0.1, 0.15) is 44.6 Å². The number of anilines is 3. The Balaban J connectivity index is 1.48. The Morgan fingerprint density at radius 2 is 1.92 bits per heavy atom. The second-order valence-electron chi connectivity index (χ2n) is 9.88. The summed E-state index contributed by atoms with van der Waals surface area (Å²) in [6.07, 6.45) is 5.22. The van der Waals surface area contributed by atoms with Crippen LogP contribution in [0.4, 0.5) is 31.2 Å². The number of primary amides is 1. The molecule has 1 atom stereocenters. The molecule has 1 saturated carbocycles. The molecule has 4 N–H and O–H groups in total. The van der Waals surface area contributed by atoms with Gasteiger partial charge in [-0.05, 0) is 44.6 Å². The van der Waals surface area contributed by atoms with Gasteiger partial charge in [-0.15, -0.1) is 0 Å². The number of amides is 2. The topological polar surface area (TPSA) is 140 Å². The highest BCUT2D eigenvalue weighted by Gasteiger charge is 2.30. The maximum absolute atomic E-state index is 14.7. The maximum atomic E-state index is 14.7. The monoisotopic (exact) mass is 562 g/mol. The highest BCUT2D eigenvalue weighted by molar-refractivity contribution is 6.33. The second-order valence-corrected chi connectivity index (χ2v) is 10.3. The number of piperidine rings is 1. The zero-order chi connectivity index (χ0) is 27.7. The highest BCUT2D eigenvalue weighted by atomic mass is 35.5. The van der Waals surface area contributed by atoms with E-state index in [9.17, 15) is 18.4 Å². The number of imidazole rings is 1. The lowest BCUT2D eigenvalue weighted by Crippen LogP contribution is -2.45. The average molecular weight is 563 g/mol. The van der Waals surface area contributed by atoms with Gasteiger partial charge in [0.2, 0.25) is 17.8 Å². The van der Waals surface area contributed by atoms with Crippen LogP contribution in [0.15, 0.2) is 18.3 Å². The zero-order valence-electron chi connectivity index (χ0n) is 21.3. The fraction of sp³-hybridized carbons (Fsp3) is 0.480. The fourth-order valence-corrected chi connectivity index (χ4v) is 5.60. The number of ether oxygens (including phenoxy) is 1. The minimum Gasteiger partial charge on any atom is -0.453 e. The van der Waals surface area contributed by atoms with Crippen molar-refractivity contribution in [1.29, 1.82) is 0 Å². The summed E-state index contributed by atoms with van der Waals surface area (Å²) >= 11 is 6.15.